The molecule has 1 saturated carbocycles. The van der Waals surface area contributed by atoms with Gasteiger partial charge in [-0.3, -0.25) is 14.4 Å². The molecule has 0 aromatic rings. The Balaban J connectivity index is 2.81. The topological polar surface area (TPSA) is 102 Å². The second-order valence-electron chi connectivity index (χ2n) is 8.37. The summed E-state index contributed by atoms with van der Waals surface area (Å²) >= 11 is 0. The molecule has 1 aliphatic rings. The first-order chi connectivity index (χ1) is 13.6. The third kappa shape index (κ3) is 10.3. The Morgan fingerprint density at radius 1 is 1.10 bits per heavy atom. The Labute approximate surface area is 173 Å². The maximum Gasteiger partial charge on any atom is 0.329 e. The van der Waals surface area contributed by atoms with Gasteiger partial charge >= 0.3 is 11.9 Å². The van der Waals surface area contributed by atoms with Crippen LogP contribution in [0.3, 0.4) is 0 Å². The summed E-state index contributed by atoms with van der Waals surface area (Å²) in [5.41, 5.74) is -0.744. The van der Waals surface area contributed by atoms with Crippen LogP contribution in [0, 0.1) is 0 Å². The van der Waals surface area contributed by atoms with E-state index in [1.54, 1.807) is 27.7 Å². The summed E-state index contributed by atoms with van der Waals surface area (Å²) in [5, 5.41) is 2.64. The minimum absolute atomic E-state index is 0.0218. The molecule has 1 aliphatic carbocycles. The molecule has 8 nitrogen and oxygen atoms in total. The van der Waals surface area contributed by atoms with Crippen LogP contribution in [0.25, 0.3) is 0 Å². The highest BCUT2D eigenvalue weighted by atomic mass is 16.6. The molecular weight excluding hydrogens is 376 g/mol. The van der Waals surface area contributed by atoms with Gasteiger partial charge in [0.05, 0.1) is 13.0 Å². The first kappa shape index (κ1) is 24.9. The number of nitrogens with one attached hydrogen (secondary N) is 1. The summed E-state index contributed by atoms with van der Waals surface area (Å²) in [5.74, 6) is -1.79. The second kappa shape index (κ2) is 11.8. The van der Waals surface area contributed by atoms with Gasteiger partial charge in [-0.25, -0.2) is 4.79 Å². The molecule has 0 aromatic heterocycles. The van der Waals surface area contributed by atoms with Crippen molar-refractivity contribution in [2.24, 2.45) is 0 Å². The fourth-order valence-corrected chi connectivity index (χ4v) is 2.81. The molecule has 0 unspecified atom stereocenters. The van der Waals surface area contributed by atoms with Crippen molar-refractivity contribution < 1.29 is 28.7 Å². The van der Waals surface area contributed by atoms with E-state index in [2.05, 4.69) is 5.32 Å². The molecule has 29 heavy (non-hydrogen) atoms. The molecule has 1 rings (SSSR count). The number of nitrogens with zero attached hydrogens (tertiary/aromatic N) is 1. The lowest BCUT2D eigenvalue weighted by atomic mass is 10.1. The van der Waals surface area contributed by atoms with Crippen LogP contribution in [-0.4, -0.2) is 59.5 Å². The Morgan fingerprint density at radius 3 is 2.28 bits per heavy atom. The fourth-order valence-electron chi connectivity index (χ4n) is 2.81. The molecule has 0 bridgehead atoms. The molecule has 0 saturated heterocycles. The van der Waals surface area contributed by atoms with Gasteiger partial charge in [0.25, 0.3) is 0 Å². The number of carbonyl (C=O) groups excluding carboxylic acids is 4. The number of rotatable bonds is 12. The Bertz CT molecular complexity index is 580. The summed E-state index contributed by atoms with van der Waals surface area (Å²) in [4.78, 5) is 51.0. The number of unbranched alkanes of at least 4 members (excludes halogenated alkanes) is 2. The van der Waals surface area contributed by atoms with Crippen molar-refractivity contribution in [2.75, 3.05) is 13.2 Å². The summed E-state index contributed by atoms with van der Waals surface area (Å²) in [6.45, 7) is 9.00. The van der Waals surface area contributed by atoms with E-state index in [-0.39, 0.29) is 43.8 Å². The van der Waals surface area contributed by atoms with E-state index in [1.807, 2.05) is 6.92 Å². The van der Waals surface area contributed by atoms with Crippen molar-refractivity contribution >= 4 is 23.8 Å². The SMILES string of the molecule is CCCCCC(=O)N[C@@H](CC(=O)N(CC(=O)OCC)C1CC1)C(=O)OC(C)(C)C. The smallest absolute Gasteiger partial charge is 0.329 e. The van der Waals surface area contributed by atoms with Crippen molar-refractivity contribution in [2.45, 2.75) is 97.2 Å². The zero-order valence-electron chi connectivity index (χ0n) is 18.4. The third-order valence-corrected chi connectivity index (χ3v) is 4.33. The molecule has 166 valence electrons. The Kier molecular flexibility index (Phi) is 10.1. The number of amides is 2. The molecule has 1 fully saturated rings. The van der Waals surface area contributed by atoms with Gasteiger partial charge in [-0.15, -0.1) is 0 Å². The van der Waals surface area contributed by atoms with Gasteiger partial charge in [-0.2, -0.15) is 0 Å². The van der Waals surface area contributed by atoms with Crippen LogP contribution < -0.4 is 5.32 Å². The van der Waals surface area contributed by atoms with Gasteiger partial charge in [0.1, 0.15) is 18.2 Å². The van der Waals surface area contributed by atoms with Crippen LogP contribution in [-0.2, 0) is 28.7 Å². The number of carbonyl (C=O) groups is 4. The first-order valence-electron chi connectivity index (χ1n) is 10.5. The van der Waals surface area contributed by atoms with E-state index in [0.717, 1.165) is 25.7 Å². The summed E-state index contributed by atoms with van der Waals surface area (Å²) in [7, 11) is 0. The highest BCUT2D eigenvalue weighted by molar-refractivity contribution is 5.91. The molecule has 2 amide bonds. The largest absolute Gasteiger partial charge is 0.465 e. The van der Waals surface area contributed by atoms with Gasteiger partial charge in [0.15, 0.2) is 0 Å². The number of ether oxygens (including phenoxy) is 2. The summed E-state index contributed by atoms with van der Waals surface area (Å²) in [6, 6.07) is -1.11. The van der Waals surface area contributed by atoms with Crippen molar-refractivity contribution in [3.63, 3.8) is 0 Å². The summed E-state index contributed by atoms with van der Waals surface area (Å²) in [6.07, 6.45) is 4.27. The highest BCUT2D eigenvalue weighted by Gasteiger charge is 2.37. The third-order valence-electron chi connectivity index (χ3n) is 4.33. The lowest BCUT2D eigenvalue weighted by Gasteiger charge is -2.27. The number of hydrogen-bond donors (Lipinski definition) is 1. The van der Waals surface area contributed by atoms with Crippen LogP contribution in [0.1, 0.15) is 79.6 Å². The maximum absolute atomic E-state index is 12.8. The van der Waals surface area contributed by atoms with E-state index >= 15 is 0 Å². The van der Waals surface area contributed by atoms with Crippen LogP contribution in [0.5, 0.6) is 0 Å². The van der Waals surface area contributed by atoms with Gasteiger partial charge in [-0.05, 0) is 47.0 Å². The van der Waals surface area contributed by atoms with Crippen molar-refractivity contribution in [1.29, 1.82) is 0 Å². The monoisotopic (exact) mass is 412 g/mol. The fraction of sp³-hybridized carbons (Fsp3) is 0.810. The molecule has 1 atom stereocenters. The maximum atomic E-state index is 12.8. The first-order valence-corrected chi connectivity index (χ1v) is 10.5. The quantitative estimate of drug-likeness (QED) is 0.390. The van der Waals surface area contributed by atoms with Gasteiger partial charge in [-0.1, -0.05) is 19.8 Å². The van der Waals surface area contributed by atoms with Gasteiger partial charge in [0, 0.05) is 12.5 Å². The zero-order valence-corrected chi connectivity index (χ0v) is 18.4. The number of esters is 2. The highest BCUT2D eigenvalue weighted by Crippen LogP contribution is 2.27. The lowest BCUT2D eigenvalue weighted by molar-refractivity contribution is -0.160. The standard InChI is InChI=1S/C21H36N2O6/c1-6-8-9-10-17(24)22-16(20(27)29-21(3,4)5)13-18(25)23(15-11-12-15)14-19(26)28-7-2/h15-16H,6-14H2,1-5H3,(H,22,24)/t16-/m0/s1. The van der Waals surface area contributed by atoms with Crippen molar-refractivity contribution in [1.82, 2.24) is 10.2 Å². The minimum atomic E-state index is -1.08. The minimum Gasteiger partial charge on any atom is -0.465 e. The van der Waals surface area contributed by atoms with Crippen LogP contribution >= 0.6 is 0 Å². The van der Waals surface area contributed by atoms with Crippen LogP contribution in [0.2, 0.25) is 0 Å². The average molecular weight is 413 g/mol. The Morgan fingerprint density at radius 2 is 1.76 bits per heavy atom. The molecular formula is C21H36N2O6. The zero-order chi connectivity index (χ0) is 22.0. The molecule has 0 radical (unpaired) electrons. The second-order valence-corrected chi connectivity index (χ2v) is 8.37. The van der Waals surface area contributed by atoms with E-state index in [9.17, 15) is 19.2 Å². The molecule has 0 aromatic carbocycles. The molecule has 0 aliphatic heterocycles. The van der Waals surface area contributed by atoms with Gasteiger partial charge in [0.2, 0.25) is 11.8 Å². The van der Waals surface area contributed by atoms with E-state index in [4.69, 9.17) is 9.47 Å². The predicted molar refractivity (Wildman–Crippen MR) is 108 cm³/mol. The van der Waals surface area contributed by atoms with E-state index in [0.29, 0.717) is 6.42 Å². The average Bonchev–Trinajstić information content (AvgIpc) is 3.43. The van der Waals surface area contributed by atoms with Crippen LogP contribution in [0.15, 0.2) is 0 Å². The Hall–Kier alpha value is -2.12. The molecule has 0 heterocycles. The summed E-state index contributed by atoms with van der Waals surface area (Å²) < 4.78 is 10.3. The molecule has 0 spiro atoms. The number of hydrogen-bond acceptors (Lipinski definition) is 6. The van der Waals surface area contributed by atoms with Crippen molar-refractivity contribution in [3.05, 3.63) is 0 Å². The molecule has 1 N–H and O–H groups in total. The van der Waals surface area contributed by atoms with E-state index < -0.39 is 23.6 Å². The predicted octanol–water partition coefficient (Wildman–Crippen LogP) is 2.34. The molecule has 8 heteroatoms. The van der Waals surface area contributed by atoms with Crippen LogP contribution in [0.4, 0.5) is 0 Å². The lowest BCUT2D eigenvalue weighted by Crippen LogP contribution is -2.48. The van der Waals surface area contributed by atoms with E-state index in [1.165, 1.54) is 4.90 Å². The van der Waals surface area contributed by atoms with Crippen molar-refractivity contribution in [3.8, 4) is 0 Å². The van der Waals surface area contributed by atoms with Gasteiger partial charge < -0.3 is 19.7 Å². The normalized spacial score (nSPS) is 14.7.